The first-order valence-corrected chi connectivity index (χ1v) is 7.29. The first-order valence-electron chi connectivity index (χ1n) is 7.29. The van der Waals surface area contributed by atoms with Crippen LogP contribution in [0.5, 0.6) is 0 Å². The number of hydrogen-bond acceptors (Lipinski definition) is 2. The maximum Gasteiger partial charge on any atom is 0.123 e. The van der Waals surface area contributed by atoms with E-state index in [1.54, 1.807) is 12.1 Å². The van der Waals surface area contributed by atoms with E-state index in [1.165, 1.54) is 25.7 Å². The fraction of sp³-hybridized carbons (Fsp3) is 0.625. The van der Waals surface area contributed by atoms with Gasteiger partial charge in [0.2, 0.25) is 0 Å². The van der Waals surface area contributed by atoms with Gasteiger partial charge in [0.25, 0.3) is 0 Å². The van der Waals surface area contributed by atoms with Gasteiger partial charge in [-0.3, -0.25) is 0 Å². The van der Waals surface area contributed by atoms with Crippen molar-refractivity contribution in [3.05, 3.63) is 29.6 Å². The lowest BCUT2D eigenvalue weighted by atomic mass is 10.0. The summed E-state index contributed by atoms with van der Waals surface area (Å²) in [7, 11) is 4.04. The Morgan fingerprint density at radius 3 is 2.68 bits per heavy atom. The number of halogens is 1. The standard InChI is InChI=1S/C16H25FN2/c1-12(18-2)15-10-14(17)8-9-16(15)19(3)11-13-6-4-5-7-13/h8-10,12-13,18H,4-7,11H2,1-3H3. The lowest BCUT2D eigenvalue weighted by Gasteiger charge is -2.27. The molecule has 0 saturated heterocycles. The van der Waals surface area contributed by atoms with Gasteiger partial charge >= 0.3 is 0 Å². The molecule has 0 radical (unpaired) electrons. The molecule has 2 nitrogen and oxygen atoms in total. The molecule has 0 amide bonds. The highest BCUT2D eigenvalue weighted by atomic mass is 19.1. The molecule has 0 heterocycles. The molecule has 3 heteroatoms. The summed E-state index contributed by atoms with van der Waals surface area (Å²) >= 11 is 0. The SMILES string of the molecule is CNC(C)c1cc(F)ccc1N(C)CC1CCCC1. The molecule has 2 rings (SSSR count). The van der Waals surface area contributed by atoms with E-state index in [1.807, 2.05) is 13.1 Å². The van der Waals surface area contributed by atoms with Crippen molar-refractivity contribution in [2.45, 2.75) is 38.6 Å². The van der Waals surface area contributed by atoms with E-state index >= 15 is 0 Å². The molecule has 0 aliphatic heterocycles. The van der Waals surface area contributed by atoms with Crippen LogP contribution in [0.2, 0.25) is 0 Å². The molecule has 1 aromatic rings. The number of benzene rings is 1. The smallest absolute Gasteiger partial charge is 0.123 e. The number of nitrogens with one attached hydrogen (secondary N) is 1. The second-order valence-electron chi connectivity index (χ2n) is 5.74. The molecule has 1 aliphatic carbocycles. The summed E-state index contributed by atoms with van der Waals surface area (Å²) in [5.41, 5.74) is 2.19. The van der Waals surface area contributed by atoms with E-state index < -0.39 is 0 Å². The van der Waals surface area contributed by atoms with Crippen molar-refractivity contribution >= 4 is 5.69 Å². The van der Waals surface area contributed by atoms with E-state index in [4.69, 9.17) is 0 Å². The quantitative estimate of drug-likeness (QED) is 0.871. The highest BCUT2D eigenvalue weighted by molar-refractivity contribution is 5.54. The maximum absolute atomic E-state index is 13.5. The van der Waals surface area contributed by atoms with Crippen LogP contribution in [0.3, 0.4) is 0 Å². The van der Waals surface area contributed by atoms with Crippen molar-refractivity contribution in [2.24, 2.45) is 5.92 Å². The van der Waals surface area contributed by atoms with E-state index in [0.717, 1.165) is 23.7 Å². The Morgan fingerprint density at radius 2 is 2.05 bits per heavy atom. The van der Waals surface area contributed by atoms with Crippen LogP contribution in [-0.4, -0.2) is 20.6 Å². The van der Waals surface area contributed by atoms with Crippen LogP contribution in [-0.2, 0) is 0 Å². The van der Waals surface area contributed by atoms with Crippen molar-refractivity contribution in [1.82, 2.24) is 5.32 Å². The van der Waals surface area contributed by atoms with Crippen LogP contribution in [0.4, 0.5) is 10.1 Å². The van der Waals surface area contributed by atoms with Gasteiger partial charge in [0, 0.05) is 25.3 Å². The minimum Gasteiger partial charge on any atom is -0.374 e. The third kappa shape index (κ3) is 3.47. The van der Waals surface area contributed by atoms with Gasteiger partial charge < -0.3 is 10.2 Å². The third-order valence-electron chi connectivity index (χ3n) is 4.31. The van der Waals surface area contributed by atoms with Crippen LogP contribution < -0.4 is 10.2 Å². The van der Waals surface area contributed by atoms with Crippen molar-refractivity contribution < 1.29 is 4.39 Å². The average molecular weight is 264 g/mol. The number of hydrogen-bond donors (Lipinski definition) is 1. The zero-order chi connectivity index (χ0) is 13.8. The van der Waals surface area contributed by atoms with E-state index in [2.05, 4.69) is 24.2 Å². The molecule has 19 heavy (non-hydrogen) atoms. The highest BCUT2D eigenvalue weighted by Crippen LogP contribution is 2.30. The van der Waals surface area contributed by atoms with E-state index in [9.17, 15) is 4.39 Å². The van der Waals surface area contributed by atoms with Crippen LogP contribution in [0.1, 0.15) is 44.2 Å². The van der Waals surface area contributed by atoms with Crippen molar-refractivity contribution in [1.29, 1.82) is 0 Å². The number of anilines is 1. The summed E-state index contributed by atoms with van der Waals surface area (Å²) < 4.78 is 13.5. The summed E-state index contributed by atoms with van der Waals surface area (Å²) in [5.74, 6) is 0.642. The van der Waals surface area contributed by atoms with Gasteiger partial charge in [-0.25, -0.2) is 4.39 Å². The molecule has 1 fully saturated rings. The molecule has 1 unspecified atom stereocenters. The fourth-order valence-corrected chi connectivity index (χ4v) is 3.05. The van der Waals surface area contributed by atoms with Crippen molar-refractivity contribution in [3.8, 4) is 0 Å². The number of rotatable bonds is 5. The Kier molecular flexibility index (Phi) is 4.81. The van der Waals surface area contributed by atoms with Crippen LogP contribution in [0, 0.1) is 11.7 Å². The zero-order valence-electron chi connectivity index (χ0n) is 12.2. The van der Waals surface area contributed by atoms with E-state index in [-0.39, 0.29) is 11.9 Å². The third-order valence-corrected chi connectivity index (χ3v) is 4.31. The first-order chi connectivity index (χ1) is 9.11. The molecule has 0 spiro atoms. The summed E-state index contributed by atoms with van der Waals surface area (Å²) in [5, 5.41) is 3.20. The predicted molar refractivity (Wildman–Crippen MR) is 79.1 cm³/mol. The van der Waals surface area contributed by atoms with Gasteiger partial charge in [0.1, 0.15) is 5.82 Å². The monoisotopic (exact) mass is 264 g/mol. The largest absolute Gasteiger partial charge is 0.374 e. The second kappa shape index (κ2) is 6.38. The van der Waals surface area contributed by atoms with Crippen LogP contribution >= 0.6 is 0 Å². The second-order valence-corrected chi connectivity index (χ2v) is 5.74. The average Bonchev–Trinajstić information content (AvgIpc) is 2.90. The Hall–Kier alpha value is -1.09. The summed E-state index contributed by atoms with van der Waals surface area (Å²) in [6.07, 6.45) is 5.40. The topological polar surface area (TPSA) is 15.3 Å². The van der Waals surface area contributed by atoms with Gasteiger partial charge in [0.05, 0.1) is 0 Å². The molecule has 1 saturated carbocycles. The Labute approximate surface area is 116 Å². The lowest BCUT2D eigenvalue weighted by Crippen LogP contribution is -2.26. The molecule has 106 valence electrons. The fourth-order valence-electron chi connectivity index (χ4n) is 3.05. The van der Waals surface area contributed by atoms with Crippen LogP contribution in [0.15, 0.2) is 18.2 Å². The maximum atomic E-state index is 13.5. The molecular weight excluding hydrogens is 239 g/mol. The molecule has 0 aromatic heterocycles. The normalized spacial score (nSPS) is 17.7. The van der Waals surface area contributed by atoms with Gasteiger partial charge in [0.15, 0.2) is 0 Å². The summed E-state index contributed by atoms with van der Waals surface area (Å²) in [6, 6.07) is 5.29. The molecule has 1 atom stereocenters. The zero-order valence-corrected chi connectivity index (χ0v) is 12.2. The molecule has 0 bridgehead atoms. The van der Waals surface area contributed by atoms with Gasteiger partial charge in [-0.05, 0) is 56.5 Å². The van der Waals surface area contributed by atoms with Gasteiger partial charge in [-0.2, -0.15) is 0 Å². The molecular formula is C16H25FN2. The minimum absolute atomic E-state index is 0.157. The molecule has 1 N–H and O–H groups in total. The minimum atomic E-state index is -0.157. The lowest BCUT2D eigenvalue weighted by molar-refractivity contribution is 0.543. The predicted octanol–water partition coefficient (Wildman–Crippen LogP) is 3.73. The van der Waals surface area contributed by atoms with E-state index in [0.29, 0.717) is 0 Å². The molecule has 1 aromatic carbocycles. The first kappa shape index (κ1) is 14.3. The number of nitrogens with zero attached hydrogens (tertiary/aromatic N) is 1. The van der Waals surface area contributed by atoms with Gasteiger partial charge in [-0.1, -0.05) is 12.8 Å². The Balaban J connectivity index is 2.17. The van der Waals surface area contributed by atoms with Crippen LogP contribution in [0.25, 0.3) is 0 Å². The summed E-state index contributed by atoms with van der Waals surface area (Å²) in [4.78, 5) is 2.29. The van der Waals surface area contributed by atoms with Gasteiger partial charge in [-0.15, -0.1) is 0 Å². The van der Waals surface area contributed by atoms with Crippen molar-refractivity contribution in [2.75, 3.05) is 25.5 Å². The Morgan fingerprint density at radius 1 is 1.37 bits per heavy atom. The van der Waals surface area contributed by atoms with Crippen molar-refractivity contribution in [3.63, 3.8) is 0 Å². The Bertz CT molecular complexity index is 413. The summed E-state index contributed by atoms with van der Waals surface area (Å²) in [6.45, 7) is 3.15. The molecule has 1 aliphatic rings. The highest BCUT2D eigenvalue weighted by Gasteiger charge is 2.19.